The summed E-state index contributed by atoms with van der Waals surface area (Å²) in [6.07, 6.45) is 4.11. The van der Waals surface area contributed by atoms with E-state index in [2.05, 4.69) is 5.32 Å². The van der Waals surface area contributed by atoms with Crippen molar-refractivity contribution >= 4 is 11.8 Å². The average Bonchev–Trinajstić information content (AvgIpc) is 3.01. The molecule has 2 heterocycles. The molecule has 2 rings (SSSR count). The molecule has 1 N–H and O–H groups in total. The molecule has 5 nitrogen and oxygen atoms in total. The molecule has 1 aromatic rings. The Kier molecular flexibility index (Phi) is 4.70. The molecule has 1 aliphatic heterocycles. The fraction of sp³-hybridized carbons (Fsp3) is 0.625. The van der Waals surface area contributed by atoms with E-state index in [9.17, 15) is 9.59 Å². The molecule has 0 saturated carbocycles. The minimum atomic E-state index is -0.744. The van der Waals surface area contributed by atoms with Gasteiger partial charge in [0.1, 0.15) is 17.3 Å². The maximum Gasteiger partial charge on any atom is 0.248 e. The van der Waals surface area contributed by atoms with Gasteiger partial charge in [-0.3, -0.25) is 9.59 Å². The number of carbonyl (C=O) groups excluding carboxylic acids is 2. The number of nitrogens with one attached hydrogen (secondary N) is 1. The standard InChI is InChI=1S/C16H24N2O3/c1-4-13-14(19)17-16(5-2,6-3)15(20)18(13)10-9-12-8-7-11-21-12/h7-8,11,13H,4-6,9-10H2,1-3H3,(H,17,19). The van der Waals surface area contributed by atoms with E-state index in [-0.39, 0.29) is 17.9 Å². The van der Waals surface area contributed by atoms with Crippen LogP contribution in [0.5, 0.6) is 0 Å². The summed E-state index contributed by atoms with van der Waals surface area (Å²) in [7, 11) is 0. The van der Waals surface area contributed by atoms with Crippen molar-refractivity contribution < 1.29 is 14.0 Å². The Bertz CT molecular complexity index is 492. The van der Waals surface area contributed by atoms with Crippen molar-refractivity contribution in [1.29, 1.82) is 0 Å². The zero-order chi connectivity index (χ0) is 15.5. The first-order chi connectivity index (χ1) is 10.1. The highest BCUT2D eigenvalue weighted by Gasteiger charge is 2.47. The Balaban J connectivity index is 2.20. The van der Waals surface area contributed by atoms with E-state index in [1.54, 1.807) is 11.2 Å². The third-order valence-corrected chi connectivity index (χ3v) is 4.48. The van der Waals surface area contributed by atoms with E-state index in [0.717, 1.165) is 5.76 Å². The number of hydrogen-bond donors (Lipinski definition) is 1. The number of furan rings is 1. The van der Waals surface area contributed by atoms with Crippen LogP contribution in [0.15, 0.2) is 22.8 Å². The van der Waals surface area contributed by atoms with E-state index in [4.69, 9.17) is 4.42 Å². The predicted molar refractivity (Wildman–Crippen MR) is 79.7 cm³/mol. The van der Waals surface area contributed by atoms with Crippen molar-refractivity contribution in [3.8, 4) is 0 Å². The summed E-state index contributed by atoms with van der Waals surface area (Å²) >= 11 is 0. The highest BCUT2D eigenvalue weighted by atomic mass is 16.3. The highest BCUT2D eigenvalue weighted by molar-refractivity contribution is 5.99. The maximum atomic E-state index is 12.9. The second kappa shape index (κ2) is 6.33. The summed E-state index contributed by atoms with van der Waals surface area (Å²) in [6.45, 7) is 6.33. The fourth-order valence-electron chi connectivity index (χ4n) is 3.01. The molecule has 1 aliphatic rings. The van der Waals surface area contributed by atoms with Crippen LogP contribution in [-0.4, -0.2) is 34.8 Å². The Hall–Kier alpha value is -1.78. The van der Waals surface area contributed by atoms with Gasteiger partial charge in [0.15, 0.2) is 0 Å². The zero-order valence-electron chi connectivity index (χ0n) is 13.0. The molecule has 0 aromatic carbocycles. The van der Waals surface area contributed by atoms with Gasteiger partial charge in [-0.15, -0.1) is 0 Å². The van der Waals surface area contributed by atoms with Crippen molar-refractivity contribution in [2.45, 2.75) is 58.0 Å². The van der Waals surface area contributed by atoms with Crippen molar-refractivity contribution in [3.63, 3.8) is 0 Å². The van der Waals surface area contributed by atoms with Gasteiger partial charge in [0.2, 0.25) is 11.8 Å². The van der Waals surface area contributed by atoms with Gasteiger partial charge in [-0.25, -0.2) is 0 Å². The summed E-state index contributed by atoms with van der Waals surface area (Å²) in [4.78, 5) is 26.9. The molecule has 116 valence electrons. The van der Waals surface area contributed by atoms with E-state index in [1.165, 1.54) is 0 Å². The van der Waals surface area contributed by atoms with Crippen LogP contribution in [0, 0.1) is 0 Å². The Morgan fingerprint density at radius 1 is 1.29 bits per heavy atom. The van der Waals surface area contributed by atoms with Gasteiger partial charge >= 0.3 is 0 Å². The monoisotopic (exact) mass is 292 g/mol. The molecule has 0 aliphatic carbocycles. The SMILES string of the molecule is CCC1C(=O)NC(CC)(CC)C(=O)N1CCc1ccco1. The first kappa shape index (κ1) is 15.6. The van der Waals surface area contributed by atoms with E-state index < -0.39 is 5.54 Å². The molecule has 0 radical (unpaired) electrons. The lowest BCUT2D eigenvalue weighted by atomic mass is 9.86. The largest absolute Gasteiger partial charge is 0.469 e. The zero-order valence-corrected chi connectivity index (χ0v) is 13.0. The third kappa shape index (κ3) is 2.82. The van der Waals surface area contributed by atoms with E-state index >= 15 is 0 Å². The van der Waals surface area contributed by atoms with Crippen LogP contribution >= 0.6 is 0 Å². The maximum absolute atomic E-state index is 12.9. The summed E-state index contributed by atoms with van der Waals surface area (Å²) in [5, 5.41) is 2.95. The number of amides is 2. The molecule has 1 unspecified atom stereocenters. The fourth-order valence-corrected chi connectivity index (χ4v) is 3.01. The Morgan fingerprint density at radius 3 is 2.52 bits per heavy atom. The topological polar surface area (TPSA) is 62.6 Å². The molecular formula is C16H24N2O3. The van der Waals surface area contributed by atoms with Gasteiger partial charge in [-0.2, -0.15) is 0 Å². The van der Waals surface area contributed by atoms with Crippen molar-refractivity contribution in [3.05, 3.63) is 24.2 Å². The predicted octanol–water partition coefficient (Wildman–Crippen LogP) is 2.12. The number of hydrogen-bond acceptors (Lipinski definition) is 3. The Labute approximate surface area is 125 Å². The lowest BCUT2D eigenvalue weighted by molar-refractivity contribution is -0.155. The molecule has 1 fully saturated rings. The quantitative estimate of drug-likeness (QED) is 0.873. The van der Waals surface area contributed by atoms with Gasteiger partial charge in [0.05, 0.1) is 6.26 Å². The molecule has 1 saturated heterocycles. The summed E-state index contributed by atoms with van der Waals surface area (Å²) in [5.74, 6) is 0.827. The highest BCUT2D eigenvalue weighted by Crippen LogP contribution is 2.26. The summed E-state index contributed by atoms with van der Waals surface area (Å²) < 4.78 is 5.32. The minimum absolute atomic E-state index is 0.0329. The third-order valence-electron chi connectivity index (χ3n) is 4.48. The van der Waals surface area contributed by atoms with Gasteiger partial charge in [-0.1, -0.05) is 20.8 Å². The minimum Gasteiger partial charge on any atom is -0.469 e. The molecule has 0 bridgehead atoms. The van der Waals surface area contributed by atoms with E-state index in [0.29, 0.717) is 32.2 Å². The van der Waals surface area contributed by atoms with Crippen LogP contribution in [0.2, 0.25) is 0 Å². The number of carbonyl (C=O) groups is 2. The molecule has 2 amide bonds. The molecule has 1 aromatic heterocycles. The summed E-state index contributed by atoms with van der Waals surface area (Å²) in [5.41, 5.74) is -0.744. The lowest BCUT2D eigenvalue weighted by Crippen LogP contribution is -2.70. The average molecular weight is 292 g/mol. The number of rotatable bonds is 6. The van der Waals surface area contributed by atoms with Crippen LogP contribution in [0.4, 0.5) is 0 Å². The molecular weight excluding hydrogens is 268 g/mol. The van der Waals surface area contributed by atoms with Gasteiger partial charge < -0.3 is 14.6 Å². The Morgan fingerprint density at radius 2 is 2.00 bits per heavy atom. The molecule has 21 heavy (non-hydrogen) atoms. The van der Waals surface area contributed by atoms with Crippen LogP contribution in [0.1, 0.15) is 45.8 Å². The molecule has 0 spiro atoms. The smallest absolute Gasteiger partial charge is 0.248 e. The van der Waals surface area contributed by atoms with Crippen LogP contribution in [-0.2, 0) is 16.0 Å². The van der Waals surface area contributed by atoms with Crippen LogP contribution in [0.3, 0.4) is 0 Å². The lowest BCUT2D eigenvalue weighted by Gasteiger charge is -2.45. The number of piperazine rings is 1. The molecule has 1 atom stereocenters. The second-order valence-electron chi connectivity index (χ2n) is 5.53. The second-order valence-corrected chi connectivity index (χ2v) is 5.53. The van der Waals surface area contributed by atoms with Gasteiger partial charge in [-0.05, 0) is 31.4 Å². The van der Waals surface area contributed by atoms with Crippen LogP contribution in [0.25, 0.3) is 0 Å². The molecule has 5 heteroatoms. The first-order valence-corrected chi connectivity index (χ1v) is 7.73. The van der Waals surface area contributed by atoms with Crippen molar-refractivity contribution in [2.24, 2.45) is 0 Å². The summed E-state index contributed by atoms with van der Waals surface area (Å²) in [6, 6.07) is 3.35. The van der Waals surface area contributed by atoms with Crippen LogP contribution < -0.4 is 5.32 Å². The van der Waals surface area contributed by atoms with Gasteiger partial charge in [0.25, 0.3) is 0 Å². The van der Waals surface area contributed by atoms with E-state index in [1.807, 2.05) is 32.9 Å². The number of nitrogens with zero attached hydrogens (tertiary/aromatic N) is 1. The van der Waals surface area contributed by atoms with Gasteiger partial charge in [0, 0.05) is 13.0 Å². The first-order valence-electron chi connectivity index (χ1n) is 7.73. The normalized spacial score (nSPS) is 21.5. The van der Waals surface area contributed by atoms with Crippen molar-refractivity contribution in [1.82, 2.24) is 10.2 Å². The van der Waals surface area contributed by atoms with Crippen molar-refractivity contribution in [2.75, 3.05) is 6.54 Å².